The Kier molecular flexibility index (Phi) is 4.50. The molecule has 8 nitrogen and oxygen atoms in total. The summed E-state index contributed by atoms with van der Waals surface area (Å²) in [4.78, 5) is 29.5. The minimum atomic E-state index is -0.0305. The Balaban J connectivity index is 1.30. The number of nitrogens with zero attached hydrogens (tertiary/aromatic N) is 5. The number of piperidine rings is 1. The SMILES string of the molecule is Cc1nc(N2CCC3(CC2)Cc2scnc2[C@H]3N)c(C#N)nc1-c1cccc2c1NC(=O)C2. The van der Waals surface area contributed by atoms with Gasteiger partial charge in [0.25, 0.3) is 0 Å². The van der Waals surface area contributed by atoms with Crippen LogP contribution in [0.1, 0.15) is 46.4 Å². The van der Waals surface area contributed by atoms with Crippen LogP contribution in [-0.2, 0) is 17.6 Å². The van der Waals surface area contributed by atoms with Crippen molar-refractivity contribution in [2.75, 3.05) is 23.3 Å². The van der Waals surface area contributed by atoms with E-state index in [2.05, 4.69) is 21.3 Å². The van der Waals surface area contributed by atoms with Crippen molar-refractivity contribution in [3.8, 4) is 17.3 Å². The quantitative estimate of drug-likeness (QED) is 0.606. The van der Waals surface area contributed by atoms with Crippen LogP contribution in [0.25, 0.3) is 11.3 Å². The molecule has 0 radical (unpaired) electrons. The first-order valence-corrected chi connectivity index (χ1v) is 12.0. The van der Waals surface area contributed by atoms with Gasteiger partial charge in [-0.25, -0.2) is 15.0 Å². The van der Waals surface area contributed by atoms with Crippen LogP contribution in [-0.4, -0.2) is 33.9 Å². The van der Waals surface area contributed by atoms with Crippen LogP contribution < -0.4 is 16.0 Å². The van der Waals surface area contributed by atoms with Crippen LogP contribution in [0.2, 0.25) is 0 Å². The molecule has 1 fully saturated rings. The molecule has 3 N–H and O–H groups in total. The number of rotatable bonds is 2. The number of hydrogen-bond donors (Lipinski definition) is 2. The molecule has 166 valence electrons. The molecule has 4 heterocycles. The zero-order valence-electron chi connectivity index (χ0n) is 18.3. The molecule has 0 saturated carbocycles. The summed E-state index contributed by atoms with van der Waals surface area (Å²) in [6.07, 6.45) is 3.21. The predicted octanol–water partition coefficient (Wildman–Crippen LogP) is 3.12. The maximum atomic E-state index is 11.9. The number of hydrogen-bond acceptors (Lipinski definition) is 8. The van der Waals surface area contributed by atoms with Gasteiger partial charge in [0.2, 0.25) is 5.91 Å². The second-order valence-corrected chi connectivity index (χ2v) is 10.1. The van der Waals surface area contributed by atoms with Crippen molar-refractivity contribution in [2.24, 2.45) is 11.1 Å². The fourth-order valence-corrected chi connectivity index (χ4v) is 6.51. The molecule has 2 aromatic heterocycles. The van der Waals surface area contributed by atoms with Gasteiger partial charge in [0, 0.05) is 23.5 Å². The van der Waals surface area contributed by atoms with Crippen LogP contribution >= 0.6 is 11.3 Å². The first-order chi connectivity index (χ1) is 16.0. The van der Waals surface area contributed by atoms with Crippen molar-refractivity contribution in [3.05, 3.63) is 51.2 Å². The minimum Gasteiger partial charge on any atom is -0.354 e. The molecule has 0 unspecified atom stereocenters. The van der Waals surface area contributed by atoms with Crippen LogP contribution in [0, 0.1) is 23.7 Å². The zero-order chi connectivity index (χ0) is 22.7. The summed E-state index contributed by atoms with van der Waals surface area (Å²) >= 11 is 1.70. The molecule has 0 bridgehead atoms. The van der Waals surface area contributed by atoms with E-state index in [0.717, 1.165) is 60.6 Å². The molecule has 6 rings (SSSR count). The van der Waals surface area contributed by atoms with Crippen molar-refractivity contribution in [3.63, 3.8) is 0 Å². The summed E-state index contributed by atoms with van der Waals surface area (Å²) in [6.45, 7) is 3.47. The normalized spacial score (nSPS) is 20.5. The largest absolute Gasteiger partial charge is 0.354 e. The molecule has 3 aliphatic rings. The van der Waals surface area contributed by atoms with Gasteiger partial charge in [0.1, 0.15) is 6.07 Å². The van der Waals surface area contributed by atoms with E-state index in [1.807, 2.05) is 30.6 Å². The third-order valence-corrected chi connectivity index (χ3v) is 8.23. The number of nitriles is 1. The van der Waals surface area contributed by atoms with Crippen molar-refractivity contribution < 1.29 is 4.79 Å². The number of nitrogens with two attached hydrogens (primary N) is 1. The molecule has 1 aliphatic carbocycles. The molecule has 1 atom stereocenters. The number of fused-ring (bicyclic) bond motifs is 2. The number of anilines is 2. The highest BCUT2D eigenvalue weighted by Crippen LogP contribution is 2.51. The van der Waals surface area contributed by atoms with E-state index < -0.39 is 0 Å². The highest BCUT2D eigenvalue weighted by atomic mass is 32.1. The van der Waals surface area contributed by atoms with Gasteiger partial charge in [-0.15, -0.1) is 11.3 Å². The molecule has 2 aliphatic heterocycles. The van der Waals surface area contributed by atoms with Gasteiger partial charge < -0.3 is 16.0 Å². The summed E-state index contributed by atoms with van der Waals surface area (Å²) in [5.74, 6) is 0.599. The second kappa shape index (κ2) is 7.33. The maximum absolute atomic E-state index is 11.9. The zero-order valence-corrected chi connectivity index (χ0v) is 19.1. The molecular formula is C24H23N7OS. The molecule has 3 aromatic rings. The van der Waals surface area contributed by atoms with Crippen LogP contribution in [0.4, 0.5) is 11.5 Å². The predicted molar refractivity (Wildman–Crippen MR) is 126 cm³/mol. The maximum Gasteiger partial charge on any atom is 0.228 e. The van der Waals surface area contributed by atoms with Gasteiger partial charge in [0.05, 0.1) is 40.7 Å². The highest BCUT2D eigenvalue weighted by Gasteiger charge is 2.47. The monoisotopic (exact) mass is 457 g/mol. The van der Waals surface area contributed by atoms with Crippen LogP contribution in [0.15, 0.2) is 23.7 Å². The number of aryl methyl sites for hydroxylation is 1. The molecule has 1 spiro atoms. The number of aromatic nitrogens is 3. The standard InChI is InChI=1S/C24H23N7OS/c1-13-19(15-4-2-3-14-9-18(32)30-20(14)15)29-16(11-25)23(28-13)31-7-5-24(6-8-31)10-17-21(22(24)26)27-12-33-17/h2-4,12,22H,5-10,26H2,1H3,(H,30,32)/t22-/m1/s1. The van der Waals surface area contributed by atoms with Gasteiger partial charge in [-0.3, -0.25) is 4.79 Å². The number of nitrogens with one attached hydrogen (secondary N) is 1. The molecular weight excluding hydrogens is 434 g/mol. The third kappa shape index (κ3) is 3.05. The van der Waals surface area contributed by atoms with Crippen molar-refractivity contribution in [1.29, 1.82) is 5.26 Å². The summed E-state index contributed by atoms with van der Waals surface area (Å²) < 4.78 is 0. The number of carbonyl (C=O) groups is 1. The van der Waals surface area contributed by atoms with E-state index in [0.29, 0.717) is 23.6 Å². The summed E-state index contributed by atoms with van der Waals surface area (Å²) in [5, 5.41) is 12.8. The molecule has 1 saturated heterocycles. The van der Waals surface area contributed by atoms with E-state index in [4.69, 9.17) is 15.7 Å². The van der Waals surface area contributed by atoms with Gasteiger partial charge in [-0.1, -0.05) is 18.2 Å². The molecule has 9 heteroatoms. The van der Waals surface area contributed by atoms with E-state index in [-0.39, 0.29) is 17.4 Å². The minimum absolute atomic E-state index is 0.0260. The Hall–Kier alpha value is -3.35. The average molecular weight is 458 g/mol. The number of carbonyl (C=O) groups excluding carboxylic acids is 1. The van der Waals surface area contributed by atoms with E-state index in [1.54, 1.807) is 11.3 Å². The van der Waals surface area contributed by atoms with Crippen molar-refractivity contribution >= 4 is 28.7 Å². The summed E-state index contributed by atoms with van der Waals surface area (Å²) in [7, 11) is 0. The van der Waals surface area contributed by atoms with Gasteiger partial charge in [-0.05, 0) is 37.2 Å². The third-order valence-electron chi connectivity index (χ3n) is 7.38. The Morgan fingerprint density at radius 1 is 1.30 bits per heavy atom. The Bertz CT molecular complexity index is 1330. The lowest BCUT2D eigenvalue weighted by atomic mass is 9.73. The van der Waals surface area contributed by atoms with E-state index in [9.17, 15) is 10.1 Å². The topological polar surface area (TPSA) is 121 Å². The lowest BCUT2D eigenvalue weighted by molar-refractivity contribution is -0.115. The Morgan fingerprint density at radius 2 is 2.12 bits per heavy atom. The number of para-hydroxylation sites is 1. The van der Waals surface area contributed by atoms with Crippen LogP contribution in [0.5, 0.6) is 0 Å². The summed E-state index contributed by atoms with van der Waals surface area (Å²) in [5.41, 5.74) is 13.8. The summed E-state index contributed by atoms with van der Waals surface area (Å²) in [6, 6.07) is 7.99. The second-order valence-electron chi connectivity index (χ2n) is 9.17. The fraction of sp³-hybridized carbons (Fsp3) is 0.375. The first-order valence-electron chi connectivity index (χ1n) is 11.1. The average Bonchev–Trinajstić information content (AvgIpc) is 3.49. The van der Waals surface area contributed by atoms with Gasteiger partial charge in [-0.2, -0.15) is 5.26 Å². The fourth-order valence-electron chi connectivity index (χ4n) is 5.54. The lowest BCUT2D eigenvalue weighted by Gasteiger charge is -2.42. The number of thiazole rings is 1. The number of benzene rings is 1. The van der Waals surface area contributed by atoms with Gasteiger partial charge >= 0.3 is 0 Å². The van der Waals surface area contributed by atoms with Crippen LogP contribution in [0.3, 0.4) is 0 Å². The van der Waals surface area contributed by atoms with E-state index in [1.165, 1.54) is 4.88 Å². The van der Waals surface area contributed by atoms with Gasteiger partial charge in [0.15, 0.2) is 11.5 Å². The number of amides is 1. The molecule has 1 amide bonds. The smallest absolute Gasteiger partial charge is 0.228 e. The van der Waals surface area contributed by atoms with E-state index >= 15 is 0 Å². The highest BCUT2D eigenvalue weighted by molar-refractivity contribution is 7.09. The van der Waals surface area contributed by atoms with Crippen molar-refractivity contribution in [2.45, 2.75) is 38.6 Å². The first kappa shape index (κ1) is 20.3. The lowest BCUT2D eigenvalue weighted by Crippen LogP contribution is -2.45. The van der Waals surface area contributed by atoms with Crippen molar-refractivity contribution in [1.82, 2.24) is 15.0 Å². The Labute approximate surface area is 195 Å². The molecule has 1 aromatic carbocycles. The molecule has 33 heavy (non-hydrogen) atoms. The Morgan fingerprint density at radius 3 is 2.88 bits per heavy atom.